The van der Waals surface area contributed by atoms with Crippen LogP contribution in [0, 0.1) is 0 Å². The van der Waals surface area contributed by atoms with E-state index in [2.05, 4.69) is 0 Å². The van der Waals surface area contributed by atoms with Gasteiger partial charge in [0.15, 0.2) is 0 Å². The summed E-state index contributed by atoms with van der Waals surface area (Å²) in [7, 11) is -3.93. The van der Waals surface area contributed by atoms with Gasteiger partial charge in [0.05, 0.1) is 10.4 Å². The number of nitrogens with zero attached hydrogens (tertiary/aromatic N) is 1. The highest BCUT2D eigenvalue weighted by atomic mass is 35.5. The average Bonchev–Trinajstić information content (AvgIpc) is 2.64. The molecule has 0 aliphatic carbocycles. The Morgan fingerprint density at radius 3 is 2.35 bits per heavy atom. The third-order valence-electron chi connectivity index (χ3n) is 4.40. The van der Waals surface area contributed by atoms with Gasteiger partial charge in [-0.3, -0.25) is 4.79 Å². The summed E-state index contributed by atoms with van der Waals surface area (Å²) in [5, 5.41) is 0.881. The van der Waals surface area contributed by atoms with E-state index in [0.717, 1.165) is 23.9 Å². The van der Waals surface area contributed by atoms with Gasteiger partial charge in [0.1, 0.15) is 4.90 Å². The molecule has 0 N–H and O–H groups in total. The first-order chi connectivity index (χ1) is 12.4. The third kappa shape index (κ3) is 3.29. The van der Waals surface area contributed by atoms with Gasteiger partial charge in [-0.15, -0.1) is 0 Å². The van der Waals surface area contributed by atoms with Gasteiger partial charge in [-0.2, -0.15) is 0 Å². The minimum absolute atomic E-state index is 0.0630. The van der Waals surface area contributed by atoms with Crippen molar-refractivity contribution < 1.29 is 8.42 Å². The summed E-state index contributed by atoms with van der Waals surface area (Å²) in [6.07, 6.45) is 3.06. The van der Waals surface area contributed by atoms with E-state index in [1.807, 2.05) is 30.5 Å². The molecular formula is C20H20ClNO3S. The number of aromatic nitrogens is 1. The first kappa shape index (κ1) is 18.7. The van der Waals surface area contributed by atoms with Crippen LogP contribution < -0.4 is 5.43 Å². The molecule has 0 radical (unpaired) electrons. The Labute approximate surface area is 158 Å². The predicted octanol–water partition coefficient (Wildman–Crippen LogP) is 4.46. The molecule has 136 valence electrons. The zero-order valence-corrected chi connectivity index (χ0v) is 16.3. The van der Waals surface area contributed by atoms with Gasteiger partial charge in [0.2, 0.25) is 15.3 Å². The molecular weight excluding hydrogens is 370 g/mol. The summed E-state index contributed by atoms with van der Waals surface area (Å²) in [4.78, 5) is 12.9. The molecule has 0 aliphatic heterocycles. The average molecular weight is 390 g/mol. The number of halogens is 1. The summed E-state index contributed by atoms with van der Waals surface area (Å²) in [6.45, 7) is 4.64. The second-order valence-corrected chi connectivity index (χ2v) is 8.53. The molecule has 1 aromatic heterocycles. The SMILES string of the molecule is CCCn1cc(S(=O)(=O)c2ccc(Cl)cc2)c(=O)c2cc(CC)ccc21. The number of hydrogen-bond donors (Lipinski definition) is 0. The summed E-state index contributed by atoms with van der Waals surface area (Å²) >= 11 is 5.86. The number of pyridine rings is 1. The van der Waals surface area contributed by atoms with Crippen molar-refractivity contribution in [1.29, 1.82) is 0 Å². The van der Waals surface area contributed by atoms with Crippen molar-refractivity contribution in [2.75, 3.05) is 0 Å². The smallest absolute Gasteiger partial charge is 0.211 e. The monoisotopic (exact) mass is 389 g/mol. The molecule has 0 atom stereocenters. The van der Waals surface area contributed by atoms with E-state index in [4.69, 9.17) is 11.6 Å². The molecule has 2 aromatic carbocycles. The van der Waals surface area contributed by atoms with Crippen molar-refractivity contribution in [3.05, 3.63) is 69.5 Å². The molecule has 6 heteroatoms. The van der Waals surface area contributed by atoms with E-state index >= 15 is 0 Å². The quantitative estimate of drug-likeness (QED) is 0.647. The van der Waals surface area contributed by atoms with Crippen molar-refractivity contribution >= 4 is 32.3 Å². The van der Waals surface area contributed by atoms with Crippen LogP contribution in [0.15, 0.2) is 63.2 Å². The first-order valence-electron chi connectivity index (χ1n) is 8.55. The maximum Gasteiger partial charge on any atom is 0.211 e. The van der Waals surface area contributed by atoms with Crippen LogP contribution in [0.1, 0.15) is 25.8 Å². The highest BCUT2D eigenvalue weighted by Crippen LogP contribution is 2.23. The lowest BCUT2D eigenvalue weighted by Crippen LogP contribution is -2.19. The molecule has 0 saturated carbocycles. The number of sulfone groups is 1. The second-order valence-electron chi connectivity index (χ2n) is 6.18. The van der Waals surface area contributed by atoms with Gasteiger partial charge in [-0.05, 0) is 54.8 Å². The molecule has 0 saturated heterocycles. The molecule has 0 aliphatic rings. The van der Waals surface area contributed by atoms with Crippen molar-refractivity contribution in [2.24, 2.45) is 0 Å². The Morgan fingerprint density at radius 1 is 1.04 bits per heavy atom. The summed E-state index contributed by atoms with van der Waals surface area (Å²) in [5.41, 5.74) is 1.29. The lowest BCUT2D eigenvalue weighted by Gasteiger charge is -2.14. The molecule has 0 bridgehead atoms. The number of benzene rings is 2. The molecule has 26 heavy (non-hydrogen) atoms. The Kier molecular flexibility index (Phi) is 5.21. The van der Waals surface area contributed by atoms with Crippen LogP contribution in [0.4, 0.5) is 0 Å². The highest BCUT2D eigenvalue weighted by molar-refractivity contribution is 7.91. The van der Waals surface area contributed by atoms with E-state index in [1.54, 1.807) is 6.07 Å². The molecule has 3 rings (SSSR count). The van der Waals surface area contributed by atoms with Crippen molar-refractivity contribution in [1.82, 2.24) is 4.57 Å². The summed E-state index contributed by atoms with van der Waals surface area (Å²) < 4.78 is 28.0. The Bertz CT molecular complexity index is 1120. The minimum Gasteiger partial charge on any atom is -0.346 e. The fourth-order valence-corrected chi connectivity index (χ4v) is 4.49. The van der Waals surface area contributed by atoms with Crippen molar-refractivity contribution in [3.8, 4) is 0 Å². The van der Waals surface area contributed by atoms with E-state index < -0.39 is 15.3 Å². The molecule has 4 nitrogen and oxygen atoms in total. The van der Waals surface area contributed by atoms with Gasteiger partial charge >= 0.3 is 0 Å². The fraction of sp³-hybridized carbons (Fsp3) is 0.250. The number of hydrogen-bond acceptors (Lipinski definition) is 3. The third-order valence-corrected chi connectivity index (χ3v) is 6.41. The summed E-state index contributed by atoms with van der Waals surface area (Å²) in [5.74, 6) is 0. The molecule has 1 heterocycles. The second kappa shape index (κ2) is 7.25. The van der Waals surface area contributed by atoms with Crippen LogP contribution in [0.25, 0.3) is 10.9 Å². The number of rotatable bonds is 5. The van der Waals surface area contributed by atoms with E-state index in [1.165, 1.54) is 30.5 Å². The number of fused-ring (bicyclic) bond motifs is 1. The first-order valence-corrected chi connectivity index (χ1v) is 10.4. The molecule has 0 unspecified atom stereocenters. The lowest BCUT2D eigenvalue weighted by atomic mass is 10.1. The Balaban J connectivity index is 2.33. The van der Waals surface area contributed by atoms with Crippen molar-refractivity contribution in [3.63, 3.8) is 0 Å². The van der Waals surface area contributed by atoms with Crippen molar-refractivity contribution in [2.45, 2.75) is 43.0 Å². The highest BCUT2D eigenvalue weighted by Gasteiger charge is 2.23. The van der Waals surface area contributed by atoms with Crippen LogP contribution in [0.2, 0.25) is 5.02 Å². The fourth-order valence-electron chi connectivity index (χ4n) is 3.00. The molecule has 0 spiro atoms. The van der Waals surface area contributed by atoms with E-state index in [-0.39, 0.29) is 9.79 Å². The van der Waals surface area contributed by atoms with E-state index in [0.29, 0.717) is 17.0 Å². The largest absolute Gasteiger partial charge is 0.346 e. The van der Waals surface area contributed by atoms with Crippen LogP contribution in [-0.4, -0.2) is 13.0 Å². The minimum atomic E-state index is -3.93. The molecule has 0 fully saturated rings. The van der Waals surface area contributed by atoms with Crippen LogP contribution in [0.3, 0.4) is 0 Å². The van der Waals surface area contributed by atoms with Crippen LogP contribution in [-0.2, 0) is 22.8 Å². The molecule has 0 amide bonds. The lowest BCUT2D eigenvalue weighted by molar-refractivity contribution is 0.592. The maximum atomic E-state index is 13.1. The standard InChI is InChI=1S/C20H20ClNO3S/c1-3-11-22-13-19(26(24,25)16-8-6-15(21)7-9-16)20(23)17-12-14(4-2)5-10-18(17)22/h5-10,12-13H,3-4,11H2,1-2H3. The zero-order valence-electron chi connectivity index (χ0n) is 14.7. The molecule has 3 aromatic rings. The van der Waals surface area contributed by atoms with Gasteiger partial charge in [0.25, 0.3) is 0 Å². The van der Waals surface area contributed by atoms with Crippen LogP contribution >= 0.6 is 11.6 Å². The zero-order chi connectivity index (χ0) is 18.9. The van der Waals surface area contributed by atoms with Gasteiger partial charge in [-0.25, -0.2) is 8.42 Å². The van der Waals surface area contributed by atoms with Gasteiger partial charge in [-0.1, -0.05) is 31.5 Å². The predicted molar refractivity (Wildman–Crippen MR) is 105 cm³/mol. The van der Waals surface area contributed by atoms with Gasteiger partial charge < -0.3 is 4.57 Å². The summed E-state index contributed by atoms with van der Waals surface area (Å²) in [6, 6.07) is 11.5. The van der Waals surface area contributed by atoms with Crippen LogP contribution in [0.5, 0.6) is 0 Å². The van der Waals surface area contributed by atoms with Gasteiger partial charge in [0, 0.05) is 23.2 Å². The Hall–Kier alpha value is -2.11. The maximum absolute atomic E-state index is 13.1. The topological polar surface area (TPSA) is 56.1 Å². The Morgan fingerprint density at radius 2 is 1.73 bits per heavy atom. The number of aryl methyl sites for hydroxylation is 2. The van der Waals surface area contributed by atoms with E-state index in [9.17, 15) is 13.2 Å². The normalized spacial score (nSPS) is 11.8.